The van der Waals surface area contributed by atoms with Gasteiger partial charge in [0.15, 0.2) is 5.69 Å². The normalized spacial score (nSPS) is 10.9. The molecule has 7 nitrogen and oxygen atoms in total. The molecule has 0 aliphatic heterocycles. The number of hydrogen-bond acceptors (Lipinski definition) is 4. The third kappa shape index (κ3) is 3.13. The van der Waals surface area contributed by atoms with E-state index in [4.69, 9.17) is 4.74 Å². The molecule has 19 heavy (non-hydrogen) atoms. The van der Waals surface area contributed by atoms with Crippen molar-refractivity contribution in [2.75, 3.05) is 12.4 Å². The van der Waals surface area contributed by atoms with Crippen molar-refractivity contribution in [3.8, 4) is 0 Å². The second-order valence-electron chi connectivity index (χ2n) is 3.60. The molecule has 0 unspecified atom stereocenters. The summed E-state index contributed by atoms with van der Waals surface area (Å²) >= 11 is 0. The lowest BCUT2D eigenvalue weighted by molar-refractivity contribution is 0.0561. The first kappa shape index (κ1) is 13.1. The molecule has 0 saturated carbocycles. The lowest BCUT2D eigenvalue weighted by Gasteiger charge is -2.00. The van der Waals surface area contributed by atoms with Gasteiger partial charge in [0, 0.05) is 13.3 Å². The van der Waals surface area contributed by atoms with Crippen LogP contribution < -0.4 is 5.32 Å². The molecule has 2 rings (SSSR count). The van der Waals surface area contributed by atoms with E-state index in [0.29, 0.717) is 10.4 Å². The third-order valence-electron chi connectivity index (χ3n) is 2.19. The van der Waals surface area contributed by atoms with Gasteiger partial charge >= 0.3 is 6.55 Å². The number of aromatic nitrogens is 4. The number of amides is 1. The van der Waals surface area contributed by atoms with Crippen LogP contribution in [0.3, 0.4) is 0 Å². The van der Waals surface area contributed by atoms with Crippen LogP contribution in [0.4, 0.5) is 14.5 Å². The highest BCUT2D eigenvalue weighted by molar-refractivity contribution is 6.02. The highest BCUT2D eigenvalue weighted by Gasteiger charge is 2.14. The molecule has 0 aliphatic carbocycles. The van der Waals surface area contributed by atoms with Crippen LogP contribution in [0.5, 0.6) is 0 Å². The van der Waals surface area contributed by atoms with E-state index in [1.165, 1.54) is 24.1 Å². The molecule has 0 aromatic carbocycles. The van der Waals surface area contributed by atoms with Crippen LogP contribution in [0.2, 0.25) is 0 Å². The third-order valence-corrected chi connectivity index (χ3v) is 2.19. The van der Waals surface area contributed by atoms with Gasteiger partial charge in [0.1, 0.15) is 6.73 Å². The summed E-state index contributed by atoms with van der Waals surface area (Å²) < 4.78 is 31.3. The molecule has 2 aromatic rings. The SMILES string of the molecule is COCn1cc(NC(=O)c2ccn(C(F)F)n2)cn1. The zero-order valence-electron chi connectivity index (χ0n) is 9.96. The number of methoxy groups -OCH3 is 1. The molecule has 0 saturated heterocycles. The van der Waals surface area contributed by atoms with E-state index in [2.05, 4.69) is 15.5 Å². The fourth-order valence-electron chi connectivity index (χ4n) is 1.39. The Kier molecular flexibility index (Phi) is 3.85. The molecule has 0 atom stereocenters. The second-order valence-corrected chi connectivity index (χ2v) is 3.60. The Balaban J connectivity index is 2.02. The summed E-state index contributed by atoms with van der Waals surface area (Å²) in [7, 11) is 1.51. The Hall–Kier alpha value is -2.29. The second kappa shape index (κ2) is 5.57. The quantitative estimate of drug-likeness (QED) is 0.890. The minimum Gasteiger partial charge on any atom is -0.362 e. The number of anilines is 1. The van der Waals surface area contributed by atoms with Crippen molar-refractivity contribution in [3.05, 3.63) is 30.4 Å². The van der Waals surface area contributed by atoms with Crippen molar-refractivity contribution >= 4 is 11.6 Å². The van der Waals surface area contributed by atoms with Gasteiger partial charge in [-0.1, -0.05) is 0 Å². The van der Waals surface area contributed by atoms with Gasteiger partial charge in [0.2, 0.25) is 0 Å². The maximum Gasteiger partial charge on any atom is 0.333 e. The standard InChI is InChI=1S/C10H11F2N5O2/c1-19-6-16-5-7(4-13-16)14-9(18)8-2-3-17(15-8)10(11)12/h2-5,10H,6H2,1H3,(H,14,18). The van der Waals surface area contributed by atoms with Gasteiger partial charge < -0.3 is 10.1 Å². The topological polar surface area (TPSA) is 74.0 Å². The highest BCUT2D eigenvalue weighted by atomic mass is 19.3. The van der Waals surface area contributed by atoms with E-state index in [-0.39, 0.29) is 12.4 Å². The number of alkyl halides is 2. The van der Waals surface area contributed by atoms with Crippen molar-refractivity contribution in [3.63, 3.8) is 0 Å². The number of halogens is 2. The average Bonchev–Trinajstić information content (AvgIpc) is 2.98. The number of hydrogen-bond donors (Lipinski definition) is 1. The van der Waals surface area contributed by atoms with Crippen molar-refractivity contribution in [1.82, 2.24) is 19.6 Å². The van der Waals surface area contributed by atoms with Crippen molar-refractivity contribution < 1.29 is 18.3 Å². The maximum atomic E-state index is 12.3. The summed E-state index contributed by atoms with van der Waals surface area (Å²) in [4.78, 5) is 11.7. The summed E-state index contributed by atoms with van der Waals surface area (Å²) in [6, 6.07) is 1.21. The number of nitrogens with one attached hydrogen (secondary N) is 1. The number of rotatable bonds is 5. The Morgan fingerprint density at radius 3 is 3.00 bits per heavy atom. The molecule has 2 heterocycles. The predicted octanol–water partition coefficient (Wildman–Crippen LogP) is 1.33. The van der Waals surface area contributed by atoms with Crippen molar-refractivity contribution in [1.29, 1.82) is 0 Å². The van der Waals surface area contributed by atoms with E-state index < -0.39 is 12.5 Å². The number of carbonyl (C=O) groups is 1. The number of carbonyl (C=O) groups excluding carboxylic acids is 1. The largest absolute Gasteiger partial charge is 0.362 e. The fourth-order valence-corrected chi connectivity index (χ4v) is 1.39. The predicted molar refractivity (Wildman–Crippen MR) is 60.7 cm³/mol. The molecule has 1 N–H and O–H groups in total. The molecular formula is C10H11F2N5O2. The van der Waals surface area contributed by atoms with Gasteiger partial charge in [-0.3, -0.25) is 4.79 Å². The summed E-state index contributed by atoms with van der Waals surface area (Å²) in [5.74, 6) is -0.587. The van der Waals surface area contributed by atoms with Crippen LogP contribution in [0.25, 0.3) is 0 Å². The maximum absolute atomic E-state index is 12.3. The Morgan fingerprint density at radius 2 is 2.37 bits per heavy atom. The van der Waals surface area contributed by atoms with Gasteiger partial charge in [-0.25, -0.2) is 9.36 Å². The molecule has 0 spiro atoms. The van der Waals surface area contributed by atoms with Crippen LogP contribution in [-0.4, -0.2) is 32.6 Å². The smallest absolute Gasteiger partial charge is 0.333 e. The van der Waals surface area contributed by atoms with E-state index in [1.807, 2.05) is 0 Å². The molecule has 0 aliphatic rings. The first-order valence-electron chi connectivity index (χ1n) is 5.26. The molecule has 102 valence electrons. The molecule has 2 aromatic heterocycles. The monoisotopic (exact) mass is 271 g/mol. The first-order chi connectivity index (χ1) is 9.10. The van der Waals surface area contributed by atoms with E-state index in [0.717, 1.165) is 6.20 Å². The zero-order valence-corrected chi connectivity index (χ0v) is 9.96. The Bertz CT molecular complexity index is 566. The summed E-state index contributed by atoms with van der Waals surface area (Å²) in [5.41, 5.74) is 0.327. The minimum absolute atomic E-state index is 0.0974. The lowest BCUT2D eigenvalue weighted by Crippen LogP contribution is -2.13. The van der Waals surface area contributed by atoms with Gasteiger partial charge in [-0.05, 0) is 6.07 Å². The van der Waals surface area contributed by atoms with Crippen LogP contribution in [-0.2, 0) is 11.5 Å². The summed E-state index contributed by atoms with van der Waals surface area (Å²) in [6.45, 7) is -2.53. The number of nitrogens with zero attached hydrogens (tertiary/aromatic N) is 4. The molecule has 9 heteroatoms. The van der Waals surface area contributed by atoms with Crippen LogP contribution in [0, 0.1) is 0 Å². The molecule has 0 radical (unpaired) electrons. The lowest BCUT2D eigenvalue weighted by atomic mass is 10.4. The van der Waals surface area contributed by atoms with Crippen LogP contribution in [0.1, 0.15) is 17.0 Å². The van der Waals surface area contributed by atoms with E-state index in [9.17, 15) is 13.6 Å². The Labute approximate surface area is 106 Å². The van der Waals surface area contributed by atoms with Gasteiger partial charge in [-0.2, -0.15) is 19.0 Å². The summed E-state index contributed by atoms with van der Waals surface area (Å²) in [6.07, 6.45) is 4.00. The van der Waals surface area contributed by atoms with E-state index in [1.54, 1.807) is 6.20 Å². The van der Waals surface area contributed by atoms with Gasteiger partial charge in [0.05, 0.1) is 18.1 Å². The molecule has 1 amide bonds. The van der Waals surface area contributed by atoms with Gasteiger partial charge in [0.25, 0.3) is 5.91 Å². The number of ether oxygens (including phenoxy) is 1. The summed E-state index contributed by atoms with van der Waals surface area (Å²) in [5, 5.41) is 9.86. The van der Waals surface area contributed by atoms with Crippen molar-refractivity contribution in [2.45, 2.75) is 13.3 Å². The van der Waals surface area contributed by atoms with Crippen LogP contribution in [0.15, 0.2) is 24.7 Å². The van der Waals surface area contributed by atoms with Crippen LogP contribution >= 0.6 is 0 Å². The molecule has 0 fully saturated rings. The first-order valence-corrected chi connectivity index (χ1v) is 5.26. The highest BCUT2D eigenvalue weighted by Crippen LogP contribution is 2.11. The fraction of sp³-hybridized carbons (Fsp3) is 0.300. The Morgan fingerprint density at radius 1 is 1.58 bits per heavy atom. The average molecular weight is 271 g/mol. The van der Waals surface area contributed by atoms with Gasteiger partial charge in [-0.15, -0.1) is 0 Å². The van der Waals surface area contributed by atoms with Crippen molar-refractivity contribution in [2.24, 2.45) is 0 Å². The van der Waals surface area contributed by atoms with E-state index >= 15 is 0 Å². The molecule has 0 bridgehead atoms. The molecular weight excluding hydrogens is 260 g/mol. The minimum atomic E-state index is -2.77. The zero-order chi connectivity index (χ0) is 13.8.